The SMILES string of the molecule is CCN(CC)c1ccc(C(=O)N2CCCN(C(N)=O)CC2)cc1. The maximum Gasteiger partial charge on any atom is 0.314 e. The molecule has 0 bridgehead atoms. The van der Waals surface area contributed by atoms with Crippen LogP contribution in [0.15, 0.2) is 24.3 Å². The lowest BCUT2D eigenvalue weighted by atomic mass is 10.1. The molecule has 1 aromatic carbocycles. The Hall–Kier alpha value is -2.24. The van der Waals surface area contributed by atoms with Gasteiger partial charge in [-0.25, -0.2) is 4.79 Å². The van der Waals surface area contributed by atoms with E-state index in [1.165, 1.54) is 0 Å². The molecule has 0 spiro atoms. The summed E-state index contributed by atoms with van der Waals surface area (Å²) in [5.74, 6) is 0.0161. The third-order valence-corrected chi connectivity index (χ3v) is 4.34. The van der Waals surface area contributed by atoms with Gasteiger partial charge in [0.2, 0.25) is 0 Å². The van der Waals surface area contributed by atoms with Crippen molar-refractivity contribution in [3.05, 3.63) is 29.8 Å². The average Bonchev–Trinajstić information content (AvgIpc) is 2.82. The Bertz CT molecular complexity index is 540. The minimum absolute atomic E-state index is 0.0161. The van der Waals surface area contributed by atoms with Crippen molar-refractivity contribution in [2.24, 2.45) is 5.73 Å². The average molecular weight is 318 g/mol. The molecular formula is C17H26N4O2. The molecule has 1 fully saturated rings. The standard InChI is InChI=1S/C17H26N4O2/c1-3-19(4-2)15-8-6-14(7-9-15)16(22)20-10-5-11-21(13-12-20)17(18)23/h6-9H,3-5,10-13H2,1-2H3,(H2,18,23). The molecule has 0 radical (unpaired) electrons. The van der Waals surface area contributed by atoms with Gasteiger partial charge in [0.25, 0.3) is 5.91 Å². The summed E-state index contributed by atoms with van der Waals surface area (Å²) >= 11 is 0. The van der Waals surface area contributed by atoms with E-state index in [0.29, 0.717) is 31.7 Å². The first-order valence-electron chi connectivity index (χ1n) is 8.25. The van der Waals surface area contributed by atoms with Crippen LogP contribution >= 0.6 is 0 Å². The van der Waals surface area contributed by atoms with Gasteiger partial charge >= 0.3 is 6.03 Å². The summed E-state index contributed by atoms with van der Waals surface area (Å²) < 4.78 is 0. The topological polar surface area (TPSA) is 69.9 Å². The summed E-state index contributed by atoms with van der Waals surface area (Å²) in [5, 5.41) is 0. The second-order valence-corrected chi connectivity index (χ2v) is 5.69. The number of urea groups is 1. The van der Waals surface area contributed by atoms with Gasteiger partial charge < -0.3 is 20.4 Å². The Kier molecular flexibility index (Phi) is 5.84. The van der Waals surface area contributed by atoms with Crippen molar-refractivity contribution in [3.8, 4) is 0 Å². The summed E-state index contributed by atoms with van der Waals surface area (Å²) in [5.41, 5.74) is 7.13. The Morgan fingerprint density at radius 1 is 1.00 bits per heavy atom. The van der Waals surface area contributed by atoms with Gasteiger partial charge in [0.05, 0.1) is 0 Å². The smallest absolute Gasteiger partial charge is 0.314 e. The molecule has 0 aliphatic carbocycles. The second kappa shape index (κ2) is 7.85. The Labute approximate surface area is 137 Å². The summed E-state index contributed by atoms with van der Waals surface area (Å²) in [7, 11) is 0. The number of amides is 3. The van der Waals surface area contributed by atoms with Crippen molar-refractivity contribution in [2.75, 3.05) is 44.2 Å². The van der Waals surface area contributed by atoms with Crippen LogP contribution < -0.4 is 10.6 Å². The fraction of sp³-hybridized carbons (Fsp3) is 0.529. The van der Waals surface area contributed by atoms with Crippen LogP contribution in [0, 0.1) is 0 Å². The number of carbonyl (C=O) groups excluding carboxylic acids is 2. The largest absolute Gasteiger partial charge is 0.372 e. The van der Waals surface area contributed by atoms with Crippen LogP contribution in [-0.2, 0) is 0 Å². The van der Waals surface area contributed by atoms with Crippen LogP contribution in [0.25, 0.3) is 0 Å². The van der Waals surface area contributed by atoms with E-state index in [4.69, 9.17) is 5.73 Å². The van der Waals surface area contributed by atoms with E-state index in [0.717, 1.165) is 25.2 Å². The summed E-state index contributed by atoms with van der Waals surface area (Å²) in [6.07, 6.45) is 0.756. The highest BCUT2D eigenvalue weighted by atomic mass is 16.2. The van der Waals surface area contributed by atoms with Crippen LogP contribution in [0.4, 0.5) is 10.5 Å². The third kappa shape index (κ3) is 4.15. The number of hydrogen-bond donors (Lipinski definition) is 1. The van der Waals surface area contributed by atoms with Gasteiger partial charge in [-0.2, -0.15) is 0 Å². The summed E-state index contributed by atoms with van der Waals surface area (Å²) in [6, 6.07) is 7.34. The molecule has 2 rings (SSSR count). The van der Waals surface area contributed by atoms with Crippen molar-refractivity contribution in [1.82, 2.24) is 9.80 Å². The highest BCUT2D eigenvalue weighted by Gasteiger charge is 2.21. The first kappa shape index (κ1) is 17.1. The van der Waals surface area contributed by atoms with Crippen LogP contribution in [0.1, 0.15) is 30.6 Å². The Morgan fingerprint density at radius 2 is 1.57 bits per heavy atom. The normalized spacial score (nSPS) is 15.2. The monoisotopic (exact) mass is 318 g/mol. The van der Waals surface area contributed by atoms with Gasteiger partial charge in [-0.3, -0.25) is 4.79 Å². The van der Waals surface area contributed by atoms with Crippen LogP contribution in [0.3, 0.4) is 0 Å². The fourth-order valence-electron chi connectivity index (χ4n) is 2.93. The fourth-order valence-corrected chi connectivity index (χ4v) is 2.93. The predicted octanol–water partition coefficient (Wildman–Crippen LogP) is 1.76. The lowest BCUT2D eigenvalue weighted by Crippen LogP contribution is -2.39. The molecular weight excluding hydrogens is 292 g/mol. The quantitative estimate of drug-likeness (QED) is 0.919. The van der Waals surface area contributed by atoms with Crippen LogP contribution in [-0.4, -0.2) is 61.0 Å². The number of hydrogen-bond acceptors (Lipinski definition) is 3. The molecule has 6 nitrogen and oxygen atoms in total. The molecule has 1 heterocycles. The van der Waals surface area contributed by atoms with Gasteiger partial charge in [-0.1, -0.05) is 0 Å². The van der Waals surface area contributed by atoms with Gasteiger partial charge in [-0.05, 0) is 44.5 Å². The Morgan fingerprint density at radius 3 is 2.13 bits per heavy atom. The molecule has 1 saturated heterocycles. The molecule has 0 unspecified atom stereocenters. The minimum atomic E-state index is -0.414. The number of anilines is 1. The van der Waals surface area contributed by atoms with Crippen molar-refractivity contribution >= 4 is 17.6 Å². The first-order chi connectivity index (χ1) is 11.1. The van der Waals surface area contributed by atoms with E-state index in [9.17, 15) is 9.59 Å². The zero-order valence-corrected chi connectivity index (χ0v) is 14.0. The van der Waals surface area contributed by atoms with Crippen molar-refractivity contribution in [1.29, 1.82) is 0 Å². The van der Waals surface area contributed by atoms with E-state index >= 15 is 0 Å². The maximum atomic E-state index is 12.6. The molecule has 3 amide bonds. The molecule has 2 N–H and O–H groups in total. The number of primary amides is 1. The molecule has 126 valence electrons. The molecule has 0 atom stereocenters. The zero-order chi connectivity index (χ0) is 16.8. The number of carbonyl (C=O) groups is 2. The van der Waals surface area contributed by atoms with Gasteiger partial charge in [0.15, 0.2) is 0 Å². The van der Waals surface area contributed by atoms with Gasteiger partial charge in [0.1, 0.15) is 0 Å². The molecule has 0 saturated carbocycles. The second-order valence-electron chi connectivity index (χ2n) is 5.69. The molecule has 1 aliphatic rings. The molecule has 0 aromatic heterocycles. The maximum absolute atomic E-state index is 12.6. The van der Waals surface area contributed by atoms with Crippen molar-refractivity contribution in [3.63, 3.8) is 0 Å². The molecule has 6 heteroatoms. The van der Waals surface area contributed by atoms with E-state index in [1.807, 2.05) is 24.3 Å². The molecule has 23 heavy (non-hydrogen) atoms. The molecule has 1 aromatic rings. The van der Waals surface area contributed by atoms with E-state index in [1.54, 1.807) is 9.80 Å². The lowest BCUT2D eigenvalue weighted by molar-refractivity contribution is 0.0762. The number of nitrogens with two attached hydrogens (primary N) is 1. The first-order valence-corrected chi connectivity index (χ1v) is 8.25. The van der Waals surface area contributed by atoms with Gasteiger partial charge in [0, 0.05) is 50.5 Å². The van der Waals surface area contributed by atoms with Crippen molar-refractivity contribution < 1.29 is 9.59 Å². The summed E-state index contributed by atoms with van der Waals surface area (Å²) in [6.45, 7) is 8.41. The predicted molar refractivity (Wildman–Crippen MR) is 91.7 cm³/mol. The van der Waals surface area contributed by atoms with E-state index in [-0.39, 0.29) is 5.91 Å². The summed E-state index contributed by atoms with van der Waals surface area (Å²) in [4.78, 5) is 29.5. The minimum Gasteiger partial charge on any atom is -0.372 e. The lowest BCUT2D eigenvalue weighted by Gasteiger charge is -2.23. The van der Waals surface area contributed by atoms with E-state index in [2.05, 4.69) is 18.7 Å². The third-order valence-electron chi connectivity index (χ3n) is 4.34. The zero-order valence-electron chi connectivity index (χ0n) is 14.0. The van der Waals surface area contributed by atoms with Crippen LogP contribution in [0.5, 0.6) is 0 Å². The number of rotatable bonds is 4. The van der Waals surface area contributed by atoms with Crippen molar-refractivity contribution in [2.45, 2.75) is 20.3 Å². The molecule has 1 aliphatic heterocycles. The Balaban J connectivity index is 2.04. The highest BCUT2D eigenvalue weighted by molar-refractivity contribution is 5.94. The van der Waals surface area contributed by atoms with Crippen LogP contribution in [0.2, 0.25) is 0 Å². The van der Waals surface area contributed by atoms with E-state index < -0.39 is 6.03 Å². The number of benzene rings is 1. The highest BCUT2D eigenvalue weighted by Crippen LogP contribution is 2.16. The number of nitrogens with zero attached hydrogens (tertiary/aromatic N) is 3. The van der Waals surface area contributed by atoms with Gasteiger partial charge in [-0.15, -0.1) is 0 Å².